The van der Waals surface area contributed by atoms with Crippen LogP contribution in [-0.4, -0.2) is 51.5 Å². The van der Waals surface area contributed by atoms with Gasteiger partial charge in [-0.15, -0.1) is 12.4 Å². The molecule has 7 nitrogen and oxygen atoms in total. The zero-order chi connectivity index (χ0) is 15.0. The maximum atomic E-state index is 12.3. The molecule has 0 atom stereocenters. The van der Waals surface area contributed by atoms with Crippen molar-refractivity contribution < 1.29 is 4.79 Å². The van der Waals surface area contributed by atoms with Crippen molar-refractivity contribution >= 4 is 51.6 Å². The number of pyridine rings is 1. The van der Waals surface area contributed by atoms with Crippen molar-refractivity contribution in [3.05, 3.63) is 27.0 Å². The van der Waals surface area contributed by atoms with Crippen molar-refractivity contribution in [2.45, 2.75) is 6.54 Å². The predicted octanol–water partition coefficient (Wildman–Crippen LogP) is 0.551. The molecule has 2 aromatic rings. The highest BCUT2D eigenvalue weighted by molar-refractivity contribution is 7.16. The van der Waals surface area contributed by atoms with E-state index in [1.165, 1.54) is 10.8 Å². The van der Waals surface area contributed by atoms with E-state index in [1.807, 2.05) is 0 Å². The fourth-order valence-electron chi connectivity index (χ4n) is 2.28. The molecule has 1 amide bonds. The Labute approximate surface area is 141 Å². The minimum absolute atomic E-state index is 0. The summed E-state index contributed by atoms with van der Waals surface area (Å²) < 4.78 is 1.43. The summed E-state index contributed by atoms with van der Waals surface area (Å²) in [6, 6.07) is 1.66. The van der Waals surface area contributed by atoms with Crippen LogP contribution in [0.3, 0.4) is 0 Å². The number of amides is 1. The van der Waals surface area contributed by atoms with Gasteiger partial charge in [-0.25, -0.2) is 9.99 Å². The monoisotopic (exact) mass is 363 g/mol. The van der Waals surface area contributed by atoms with Crippen LogP contribution in [0.5, 0.6) is 0 Å². The highest BCUT2D eigenvalue weighted by atomic mass is 35.5. The zero-order valence-electron chi connectivity index (χ0n) is 11.6. The van der Waals surface area contributed by atoms with Gasteiger partial charge in [-0.05, 0) is 6.07 Å². The summed E-state index contributed by atoms with van der Waals surface area (Å²) in [5.74, 6) is 5.57. The number of nitrogens with two attached hydrogens (primary N) is 1. The van der Waals surface area contributed by atoms with Crippen molar-refractivity contribution in [3.8, 4) is 0 Å². The molecule has 0 spiro atoms. The first kappa shape index (κ1) is 17.2. The quantitative estimate of drug-likeness (QED) is 0.787. The molecule has 0 radical (unpaired) electrons. The number of carbonyl (C=O) groups excluding carboxylic acids is 1. The number of fused-ring (bicyclic) bond motifs is 1. The van der Waals surface area contributed by atoms with Gasteiger partial charge in [0.2, 0.25) is 5.91 Å². The Kier molecular flexibility index (Phi) is 5.41. The lowest BCUT2D eigenvalue weighted by Crippen LogP contribution is -2.52. The molecule has 0 aromatic carbocycles. The van der Waals surface area contributed by atoms with E-state index in [4.69, 9.17) is 17.4 Å². The van der Waals surface area contributed by atoms with Crippen molar-refractivity contribution in [3.63, 3.8) is 0 Å². The maximum Gasteiger partial charge on any atom is 0.310 e. The van der Waals surface area contributed by atoms with Crippen LogP contribution in [-0.2, 0) is 11.3 Å². The standard InChI is InChI=1S/C12H14ClN5O2S.ClH/c13-8-5-9-11(15-6-8)21-12(20)18(9)7-10(19)16-1-3-17(14)4-2-16;/h5-6H,1-4,7,14H2;1H. The Balaban J connectivity index is 0.00000176. The van der Waals surface area contributed by atoms with Crippen molar-refractivity contribution in [1.82, 2.24) is 19.5 Å². The fourth-order valence-corrected chi connectivity index (χ4v) is 3.25. The van der Waals surface area contributed by atoms with E-state index in [1.54, 1.807) is 16.0 Å². The molecule has 2 aromatic heterocycles. The minimum Gasteiger partial charge on any atom is -0.338 e. The van der Waals surface area contributed by atoms with Gasteiger partial charge in [0, 0.05) is 32.4 Å². The average molecular weight is 364 g/mol. The smallest absolute Gasteiger partial charge is 0.310 e. The Morgan fingerprint density at radius 3 is 2.73 bits per heavy atom. The third kappa shape index (κ3) is 3.41. The Hall–Kier alpha value is -1.19. The molecular formula is C12H15Cl2N5O2S. The number of hydrogen-bond donors (Lipinski definition) is 1. The third-order valence-corrected chi connectivity index (χ3v) is 4.56. The van der Waals surface area contributed by atoms with E-state index < -0.39 is 0 Å². The van der Waals surface area contributed by atoms with Crippen molar-refractivity contribution in [1.29, 1.82) is 0 Å². The average Bonchev–Trinajstić information content (AvgIpc) is 2.76. The first-order valence-electron chi connectivity index (χ1n) is 6.47. The molecule has 3 rings (SSSR count). The lowest BCUT2D eigenvalue weighted by atomic mass is 10.3. The van der Waals surface area contributed by atoms with Crippen LogP contribution in [0.15, 0.2) is 17.1 Å². The number of carbonyl (C=O) groups is 1. The van der Waals surface area contributed by atoms with Gasteiger partial charge in [0.25, 0.3) is 0 Å². The molecule has 10 heteroatoms. The van der Waals surface area contributed by atoms with Gasteiger partial charge in [0.15, 0.2) is 0 Å². The Bertz CT molecular complexity index is 739. The van der Waals surface area contributed by atoms with E-state index in [-0.39, 0.29) is 29.7 Å². The summed E-state index contributed by atoms with van der Waals surface area (Å²) in [6.45, 7) is 2.43. The summed E-state index contributed by atoms with van der Waals surface area (Å²) >= 11 is 6.93. The first-order chi connectivity index (χ1) is 10.0. The number of aromatic nitrogens is 2. The van der Waals surface area contributed by atoms with Crippen LogP contribution in [0.4, 0.5) is 0 Å². The highest BCUT2D eigenvalue weighted by Gasteiger charge is 2.21. The molecule has 1 fully saturated rings. The van der Waals surface area contributed by atoms with Crippen molar-refractivity contribution in [2.24, 2.45) is 5.84 Å². The largest absolute Gasteiger partial charge is 0.338 e. The zero-order valence-corrected chi connectivity index (χ0v) is 14.0. The van der Waals surface area contributed by atoms with Crippen molar-refractivity contribution in [2.75, 3.05) is 26.2 Å². The van der Waals surface area contributed by atoms with Crippen LogP contribution in [0.25, 0.3) is 10.3 Å². The van der Waals surface area contributed by atoms with E-state index in [0.29, 0.717) is 41.5 Å². The van der Waals surface area contributed by atoms with Crippen LogP contribution >= 0.6 is 35.3 Å². The van der Waals surface area contributed by atoms with E-state index in [0.717, 1.165) is 11.3 Å². The number of nitrogens with zero attached hydrogens (tertiary/aromatic N) is 4. The molecule has 0 saturated carbocycles. The van der Waals surface area contributed by atoms with E-state index in [9.17, 15) is 9.59 Å². The number of hydrogen-bond acceptors (Lipinski definition) is 6. The van der Waals surface area contributed by atoms with E-state index in [2.05, 4.69) is 4.98 Å². The molecule has 22 heavy (non-hydrogen) atoms. The molecule has 1 aliphatic rings. The molecule has 2 N–H and O–H groups in total. The van der Waals surface area contributed by atoms with Crippen LogP contribution in [0.1, 0.15) is 0 Å². The van der Waals surface area contributed by atoms with Gasteiger partial charge >= 0.3 is 4.87 Å². The Morgan fingerprint density at radius 1 is 1.36 bits per heavy atom. The van der Waals surface area contributed by atoms with E-state index >= 15 is 0 Å². The lowest BCUT2D eigenvalue weighted by molar-refractivity contribution is -0.133. The third-order valence-electron chi connectivity index (χ3n) is 3.45. The summed E-state index contributed by atoms with van der Waals surface area (Å²) in [7, 11) is 0. The second-order valence-electron chi connectivity index (χ2n) is 4.85. The number of thiazole rings is 1. The number of hydrazine groups is 1. The van der Waals surface area contributed by atoms with Gasteiger partial charge in [0.1, 0.15) is 11.4 Å². The predicted molar refractivity (Wildman–Crippen MR) is 88.5 cm³/mol. The van der Waals surface area contributed by atoms with Gasteiger partial charge in [-0.1, -0.05) is 22.9 Å². The Morgan fingerprint density at radius 2 is 2.05 bits per heavy atom. The van der Waals surface area contributed by atoms with Gasteiger partial charge in [-0.2, -0.15) is 0 Å². The minimum atomic E-state index is -0.203. The van der Waals surface area contributed by atoms with Crippen LogP contribution in [0, 0.1) is 0 Å². The molecule has 1 aliphatic heterocycles. The molecule has 0 unspecified atom stereocenters. The van der Waals surface area contributed by atoms with Crippen LogP contribution in [0.2, 0.25) is 5.02 Å². The summed E-state index contributed by atoms with van der Waals surface area (Å²) in [6.07, 6.45) is 1.49. The first-order valence-corrected chi connectivity index (χ1v) is 7.66. The SMILES string of the molecule is Cl.NN1CCN(C(=O)Cn2c(=O)sc3ncc(Cl)cc32)CC1. The number of halogens is 2. The summed E-state index contributed by atoms with van der Waals surface area (Å²) in [4.78, 5) is 30.5. The van der Waals surface area contributed by atoms with Gasteiger partial charge in [0.05, 0.1) is 10.5 Å². The molecule has 120 valence electrons. The number of rotatable bonds is 2. The topological polar surface area (TPSA) is 84.5 Å². The molecule has 0 aliphatic carbocycles. The van der Waals surface area contributed by atoms with Crippen LogP contribution < -0.4 is 10.7 Å². The maximum absolute atomic E-state index is 12.3. The second-order valence-corrected chi connectivity index (χ2v) is 6.23. The number of piperazine rings is 1. The molecular weight excluding hydrogens is 349 g/mol. The molecule has 0 bridgehead atoms. The van der Waals surface area contributed by atoms with Gasteiger partial charge in [-0.3, -0.25) is 20.0 Å². The lowest BCUT2D eigenvalue weighted by Gasteiger charge is -2.32. The highest BCUT2D eigenvalue weighted by Crippen LogP contribution is 2.19. The molecule has 1 saturated heterocycles. The molecule has 3 heterocycles. The fraction of sp³-hybridized carbons (Fsp3) is 0.417. The summed E-state index contributed by atoms with van der Waals surface area (Å²) in [5, 5.41) is 2.12. The normalized spacial score (nSPS) is 15.8. The van der Waals surface area contributed by atoms with Gasteiger partial charge < -0.3 is 4.90 Å². The summed E-state index contributed by atoms with van der Waals surface area (Å²) in [5.41, 5.74) is 0.600. The second kappa shape index (κ2) is 6.93.